The molecule has 0 atom stereocenters. The molecule has 0 radical (unpaired) electrons. The van der Waals surface area contributed by atoms with Crippen LogP contribution in [0.2, 0.25) is 0 Å². The molecular formula is C19H24FN3O3. The molecular weight excluding hydrogens is 337 g/mol. The minimum absolute atomic E-state index is 0.0389. The summed E-state index contributed by atoms with van der Waals surface area (Å²) in [4.78, 5) is 41.7. The van der Waals surface area contributed by atoms with Crippen LogP contribution < -0.4 is 0 Å². The summed E-state index contributed by atoms with van der Waals surface area (Å²) in [6.45, 7) is 4.73. The highest BCUT2D eigenvalue weighted by atomic mass is 19.1. The Kier molecular flexibility index (Phi) is 5.54. The second-order valence-electron chi connectivity index (χ2n) is 6.88. The minimum atomic E-state index is -0.515. The van der Waals surface area contributed by atoms with Crippen LogP contribution in [-0.2, 0) is 9.59 Å². The van der Waals surface area contributed by atoms with Crippen LogP contribution in [-0.4, -0.2) is 71.7 Å². The van der Waals surface area contributed by atoms with E-state index >= 15 is 0 Å². The number of piperidine rings is 1. The molecule has 0 saturated carbocycles. The number of benzene rings is 1. The van der Waals surface area contributed by atoms with Crippen LogP contribution in [0.1, 0.15) is 30.1 Å². The largest absolute Gasteiger partial charge is 0.339 e. The molecule has 7 heteroatoms. The maximum atomic E-state index is 13.8. The van der Waals surface area contributed by atoms with Gasteiger partial charge in [-0.15, -0.1) is 0 Å². The van der Waals surface area contributed by atoms with Gasteiger partial charge in [0.05, 0.1) is 5.56 Å². The van der Waals surface area contributed by atoms with Crippen molar-refractivity contribution >= 4 is 17.7 Å². The van der Waals surface area contributed by atoms with E-state index in [1.54, 1.807) is 28.9 Å². The molecule has 1 aromatic rings. The van der Waals surface area contributed by atoms with Gasteiger partial charge in [0.15, 0.2) is 0 Å². The number of carbonyl (C=O) groups is 3. The first-order chi connectivity index (χ1) is 12.5. The number of nitrogens with zero attached hydrogens (tertiary/aromatic N) is 3. The number of hydrogen-bond donors (Lipinski definition) is 0. The topological polar surface area (TPSA) is 60.9 Å². The molecule has 0 N–H and O–H groups in total. The average molecular weight is 361 g/mol. The lowest BCUT2D eigenvalue weighted by Crippen LogP contribution is -2.52. The summed E-state index contributed by atoms with van der Waals surface area (Å²) < 4.78 is 13.8. The highest BCUT2D eigenvalue weighted by molar-refractivity contribution is 5.94. The van der Waals surface area contributed by atoms with E-state index in [0.29, 0.717) is 52.1 Å². The second kappa shape index (κ2) is 7.85. The third kappa shape index (κ3) is 3.86. The van der Waals surface area contributed by atoms with Gasteiger partial charge in [-0.2, -0.15) is 0 Å². The van der Waals surface area contributed by atoms with E-state index in [2.05, 4.69) is 0 Å². The van der Waals surface area contributed by atoms with E-state index < -0.39 is 5.82 Å². The van der Waals surface area contributed by atoms with Crippen molar-refractivity contribution in [1.82, 2.24) is 14.7 Å². The lowest BCUT2D eigenvalue weighted by Gasteiger charge is -2.38. The molecule has 1 aromatic carbocycles. The lowest BCUT2D eigenvalue weighted by atomic mass is 9.94. The summed E-state index contributed by atoms with van der Waals surface area (Å²) in [5.41, 5.74) is 0.0811. The van der Waals surface area contributed by atoms with Gasteiger partial charge in [-0.3, -0.25) is 14.4 Å². The fraction of sp³-hybridized carbons (Fsp3) is 0.526. The highest BCUT2D eigenvalue weighted by Crippen LogP contribution is 2.22. The van der Waals surface area contributed by atoms with Crippen LogP contribution in [0.15, 0.2) is 24.3 Å². The molecule has 0 unspecified atom stereocenters. The zero-order valence-corrected chi connectivity index (χ0v) is 15.0. The molecule has 2 heterocycles. The number of hydrogen-bond acceptors (Lipinski definition) is 3. The second-order valence-corrected chi connectivity index (χ2v) is 6.88. The maximum Gasteiger partial charge on any atom is 0.256 e. The molecule has 2 aliphatic rings. The fourth-order valence-electron chi connectivity index (χ4n) is 3.63. The van der Waals surface area contributed by atoms with Crippen LogP contribution in [0.3, 0.4) is 0 Å². The Hall–Kier alpha value is -2.44. The molecule has 3 rings (SSSR count). The van der Waals surface area contributed by atoms with Crippen LogP contribution in [0.5, 0.6) is 0 Å². The van der Waals surface area contributed by atoms with Crippen molar-refractivity contribution in [3.63, 3.8) is 0 Å². The molecule has 0 spiro atoms. The van der Waals surface area contributed by atoms with Gasteiger partial charge in [0.1, 0.15) is 5.82 Å². The molecule has 3 amide bonds. The lowest BCUT2D eigenvalue weighted by molar-refractivity contribution is -0.142. The number of rotatable bonds is 2. The zero-order chi connectivity index (χ0) is 18.7. The van der Waals surface area contributed by atoms with Gasteiger partial charge in [-0.25, -0.2) is 4.39 Å². The Bertz CT molecular complexity index is 693. The third-order valence-electron chi connectivity index (χ3n) is 5.27. The van der Waals surface area contributed by atoms with Crippen molar-refractivity contribution in [2.45, 2.75) is 19.8 Å². The minimum Gasteiger partial charge on any atom is -0.339 e. The smallest absolute Gasteiger partial charge is 0.256 e. The summed E-state index contributed by atoms with van der Waals surface area (Å²) in [5.74, 6) is -0.796. The van der Waals surface area contributed by atoms with E-state index in [1.165, 1.54) is 12.1 Å². The third-order valence-corrected chi connectivity index (χ3v) is 5.27. The Morgan fingerprint density at radius 3 is 2.04 bits per heavy atom. The molecule has 2 aliphatic heterocycles. The van der Waals surface area contributed by atoms with Crippen molar-refractivity contribution < 1.29 is 18.8 Å². The van der Waals surface area contributed by atoms with Crippen LogP contribution >= 0.6 is 0 Å². The Balaban J connectivity index is 1.52. The van der Waals surface area contributed by atoms with E-state index in [4.69, 9.17) is 0 Å². The Morgan fingerprint density at radius 1 is 0.885 bits per heavy atom. The maximum absolute atomic E-state index is 13.8. The molecule has 26 heavy (non-hydrogen) atoms. The number of carbonyl (C=O) groups excluding carboxylic acids is 3. The number of amides is 3. The van der Waals surface area contributed by atoms with E-state index in [9.17, 15) is 18.8 Å². The standard InChI is InChI=1S/C19H24FN3O3/c1-14(24)21-10-12-23(13-11-21)18(25)15-6-8-22(9-7-15)19(26)16-4-2-3-5-17(16)20/h2-5,15H,6-13H2,1H3. The number of piperazine rings is 1. The normalized spacial score (nSPS) is 18.8. The van der Waals surface area contributed by atoms with Crippen LogP contribution in [0.4, 0.5) is 4.39 Å². The number of likely N-dealkylation sites (tertiary alicyclic amines) is 1. The first-order valence-electron chi connectivity index (χ1n) is 9.05. The van der Waals surface area contributed by atoms with Gasteiger partial charge in [0, 0.05) is 52.1 Å². The van der Waals surface area contributed by atoms with E-state index in [1.807, 2.05) is 4.90 Å². The molecule has 2 saturated heterocycles. The SMILES string of the molecule is CC(=O)N1CCN(C(=O)C2CCN(C(=O)c3ccccc3F)CC2)CC1. The monoisotopic (exact) mass is 361 g/mol. The zero-order valence-electron chi connectivity index (χ0n) is 15.0. The van der Waals surface area contributed by atoms with E-state index in [0.717, 1.165) is 0 Å². The quantitative estimate of drug-likeness (QED) is 0.799. The summed E-state index contributed by atoms with van der Waals surface area (Å²) in [6, 6.07) is 5.98. The highest BCUT2D eigenvalue weighted by Gasteiger charge is 2.32. The van der Waals surface area contributed by atoms with Gasteiger partial charge >= 0.3 is 0 Å². The van der Waals surface area contributed by atoms with Crippen molar-refractivity contribution in [2.24, 2.45) is 5.92 Å². The molecule has 0 aliphatic carbocycles. The molecule has 0 bridgehead atoms. The summed E-state index contributed by atoms with van der Waals surface area (Å²) in [6.07, 6.45) is 1.18. The van der Waals surface area contributed by atoms with Gasteiger partial charge in [-0.1, -0.05) is 12.1 Å². The van der Waals surface area contributed by atoms with Gasteiger partial charge in [0.25, 0.3) is 5.91 Å². The fourth-order valence-corrected chi connectivity index (χ4v) is 3.63. The predicted molar refractivity (Wildman–Crippen MR) is 93.9 cm³/mol. The van der Waals surface area contributed by atoms with Crippen LogP contribution in [0, 0.1) is 11.7 Å². The molecule has 6 nitrogen and oxygen atoms in total. The van der Waals surface area contributed by atoms with Crippen molar-refractivity contribution in [3.05, 3.63) is 35.6 Å². The van der Waals surface area contributed by atoms with Crippen molar-refractivity contribution in [2.75, 3.05) is 39.3 Å². The Morgan fingerprint density at radius 2 is 1.46 bits per heavy atom. The van der Waals surface area contributed by atoms with Crippen molar-refractivity contribution in [3.8, 4) is 0 Å². The molecule has 2 fully saturated rings. The predicted octanol–water partition coefficient (Wildman–Crippen LogP) is 1.37. The molecule has 0 aromatic heterocycles. The molecule has 140 valence electrons. The van der Waals surface area contributed by atoms with Crippen LogP contribution in [0.25, 0.3) is 0 Å². The first-order valence-corrected chi connectivity index (χ1v) is 9.05. The van der Waals surface area contributed by atoms with Gasteiger partial charge in [0.2, 0.25) is 11.8 Å². The first kappa shape index (κ1) is 18.4. The summed E-state index contributed by atoms with van der Waals surface area (Å²) in [7, 11) is 0. The summed E-state index contributed by atoms with van der Waals surface area (Å²) >= 11 is 0. The van der Waals surface area contributed by atoms with E-state index in [-0.39, 0.29) is 29.2 Å². The summed E-state index contributed by atoms with van der Waals surface area (Å²) in [5, 5.41) is 0. The van der Waals surface area contributed by atoms with Gasteiger partial charge in [-0.05, 0) is 25.0 Å². The average Bonchev–Trinajstić information content (AvgIpc) is 2.67. The number of halogens is 1. The Labute approximate surface area is 152 Å². The van der Waals surface area contributed by atoms with Crippen molar-refractivity contribution in [1.29, 1.82) is 0 Å². The van der Waals surface area contributed by atoms with Gasteiger partial charge < -0.3 is 14.7 Å².